The van der Waals surface area contributed by atoms with E-state index in [1.165, 1.54) is 0 Å². The number of para-hydroxylation sites is 1. The van der Waals surface area contributed by atoms with E-state index in [1.54, 1.807) is 0 Å². The maximum Gasteiger partial charge on any atom is 0.115 e. The van der Waals surface area contributed by atoms with E-state index in [9.17, 15) is 4.39 Å². The number of aromatic nitrogens is 1. The zero-order valence-corrected chi connectivity index (χ0v) is 12.4. The Morgan fingerprint density at radius 1 is 1.00 bits per heavy atom. The molecule has 106 valence electrons. The van der Waals surface area contributed by atoms with Gasteiger partial charge < -0.3 is 0 Å². The molecule has 0 saturated carbocycles. The average molecular weight is 279 g/mol. The fourth-order valence-electron chi connectivity index (χ4n) is 2.76. The highest BCUT2D eigenvalue weighted by Crippen LogP contribution is 2.30. The quantitative estimate of drug-likeness (QED) is 0.638. The van der Waals surface area contributed by atoms with Crippen LogP contribution in [-0.4, -0.2) is 4.98 Å². The van der Waals surface area contributed by atoms with Crippen molar-refractivity contribution < 1.29 is 4.39 Å². The Kier molecular flexibility index (Phi) is 3.70. The lowest BCUT2D eigenvalue weighted by atomic mass is 9.97. The van der Waals surface area contributed by atoms with Crippen molar-refractivity contribution in [3.05, 3.63) is 65.2 Å². The second kappa shape index (κ2) is 5.65. The molecule has 0 aliphatic heterocycles. The number of pyridine rings is 1. The summed E-state index contributed by atoms with van der Waals surface area (Å²) in [5, 5.41) is 1.15. The molecule has 21 heavy (non-hydrogen) atoms. The van der Waals surface area contributed by atoms with Gasteiger partial charge in [0.2, 0.25) is 0 Å². The van der Waals surface area contributed by atoms with Crippen molar-refractivity contribution in [2.45, 2.75) is 26.9 Å². The fourth-order valence-corrected chi connectivity index (χ4v) is 2.76. The van der Waals surface area contributed by atoms with Crippen LogP contribution in [-0.2, 0) is 13.1 Å². The summed E-state index contributed by atoms with van der Waals surface area (Å²) in [5.41, 5.74) is 5.82. The van der Waals surface area contributed by atoms with E-state index in [0.29, 0.717) is 5.56 Å². The van der Waals surface area contributed by atoms with Gasteiger partial charge in [-0.2, -0.15) is 0 Å². The maximum atomic E-state index is 13.3. The van der Waals surface area contributed by atoms with Crippen LogP contribution in [0.25, 0.3) is 22.2 Å². The average Bonchev–Trinajstić information content (AvgIpc) is 2.54. The van der Waals surface area contributed by atoms with Gasteiger partial charge in [-0.15, -0.1) is 0 Å². The van der Waals surface area contributed by atoms with E-state index in [2.05, 4.69) is 32.0 Å². The van der Waals surface area contributed by atoms with E-state index < -0.39 is 6.67 Å². The fraction of sp³-hybridized carbons (Fsp3) is 0.211. The third kappa shape index (κ3) is 2.42. The minimum Gasteiger partial charge on any atom is -0.247 e. The van der Waals surface area contributed by atoms with Crippen molar-refractivity contribution in [2.24, 2.45) is 0 Å². The molecule has 0 fully saturated rings. The topological polar surface area (TPSA) is 12.9 Å². The van der Waals surface area contributed by atoms with E-state index in [1.807, 2.05) is 30.3 Å². The van der Waals surface area contributed by atoms with Gasteiger partial charge in [-0.1, -0.05) is 49.4 Å². The van der Waals surface area contributed by atoms with Crippen molar-refractivity contribution in [3.8, 4) is 11.3 Å². The Balaban J connectivity index is 2.33. The van der Waals surface area contributed by atoms with Crippen LogP contribution in [0.3, 0.4) is 0 Å². The molecule has 0 spiro atoms. The highest BCUT2D eigenvalue weighted by Gasteiger charge is 2.12. The summed E-state index contributed by atoms with van der Waals surface area (Å²) >= 11 is 0. The molecule has 1 nitrogen and oxygen atoms in total. The molecule has 1 aromatic heterocycles. The van der Waals surface area contributed by atoms with E-state index >= 15 is 0 Å². The van der Waals surface area contributed by atoms with Crippen LogP contribution in [0.4, 0.5) is 4.39 Å². The van der Waals surface area contributed by atoms with E-state index in [-0.39, 0.29) is 0 Å². The highest BCUT2D eigenvalue weighted by atomic mass is 19.1. The van der Waals surface area contributed by atoms with Gasteiger partial charge in [-0.25, -0.2) is 9.37 Å². The Labute approximate surface area is 124 Å². The largest absolute Gasteiger partial charge is 0.247 e. The van der Waals surface area contributed by atoms with Crippen molar-refractivity contribution >= 4 is 10.9 Å². The summed E-state index contributed by atoms with van der Waals surface area (Å²) in [6, 6.07) is 16.0. The van der Waals surface area contributed by atoms with Gasteiger partial charge in [0.15, 0.2) is 0 Å². The molecule has 0 aliphatic carbocycles. The Morgan fingerprint density at radius 2 is 1.81 bits per heavy atom. The zero-order chi connectivity index (χ0) is 14.8. The first-order chi connectivity index (χ1) is 10.2. The minimum atomic E-state index is -0.465. The van der Waals surface area contributed by atoms with Gasteiger partial charge in [-0.3, -0.25) is 0 Å². The minimum absolute atomic E-state index is 0.465. The number of hydrogen-bond acceptors (Lipinski definition) is 1. The molecule has 0 N–H and O–H groups in total. The molecule has 0 amide bonds. The normalized spacial score (nSPS) is 11.0. The number of rotatable bonds is 3. The SMILES string of the molecule is CCc1cc2cccc(C)c2nc1-c1ccccc1CF. The van der Waals surface area contributed by atoms with Crippen molar-refractivity contribution in [1.82, 2.24) is 4.98 Å². The maximum absolute atomic E-state index is 13.3. The summed E-state index contributed by atoms with van der Waals surface area (Å²) < 4.78 is 13.3. The number of alkyl halides is 1. The van der Waals surface area contributed by atoms with Crippen LogP contribution in [0.5, 0.6) is 0 Å². The van der Waals surface area contributed by atoms with Crippen molar-refractivity contribution in [1.29, 1.82) is 0 Å². The molecule has 0 unspecified atom stereocenters. The van der Waals surface area contributed by atoms with Crippen molar-refractivity contribution in [2.75, 3.05) is 0 Å². The standard InChI is InChI=1S/C19H18FN/c1-3-14-11-15-9-6-7-13(2)18(15)21-19(14)17-10-5-4-8-16(17)12-20/h4-11H,3,12H2,1-2H3. The Bertz CT molecular complexity index is 793. The van der Waals surface area contributed by atoms with Crippen LogP contribution in [0.15, 0.2) is 48.5 Å². The number of fused-ring (bicyclic) bond motifs is 1. The first-order valence-electron chi connectivity index (χ1n) is 7.28. The van der Waals surface area contributed by atoms with Crippen LogP contribution in [0, 0.1) is 6.92 Å². The van der Waals surface area contributed by atoms with Gasteiger partial charge in [0.25, 0.3) is 0 Å². The predicted molar refractivity (Wildman–Crippen MR) is 86.1 cm³/mol. The third-order valence-electron chi connectivity index (χ3n) is 3.92. The number of halogens is 1. The summed E-state index contributed by atoms with van der Waals surface area (Å²) in [5.74, 6) is 0. The van der Waals surface area contributed by atoms with Gasteiger partial charge in [-0.05, 0) is 36.1 Å². The summed E-state index contributed by atoms with van der Waals surface area (Å²) in [6.07, 6.45) is 0.882. The first-order valence-corrected chi connectivity index (χ1v) is 7.28. The van der Waals surface area contributed by atoms with Crippen molar-refractivity contribution in [3.63, 3.8) is 0 Å². The van der Waals surface area contributed by atoms with Gasteiger partial charge in [0.05, 0.1) is 11.2 Å². The van der Waals surface area contributed by atoms with Crippen LogP contribution in [0.2, 0.25) is 0 Å². The number of aryl methyl sites for hydroxylation is 2. The Morgan fingerprint density at radius 3 is 2.57 bits per heavy atom. The number of nitrogens with zero attached hydrogens (tertiary/aromatic N) is 1. The predicted octanol–water partition coefficient (Wildman–Crippen LogP) is 5.24. The monoisotopic (exact) mass is 279 g/mol. The van der Waals surface area contributed by atoms with Gasteiger partial charge in [0.1, 0.15) is 6.67 Å². The van der Waals surface area contributed by atoms with Gasteiger partial charge >= 0.3 is 0 Å². The smallest absolute Gasteiger partial charge is 0.115 e. The van der Waals surface area contributed by atoms with Crippen LogP contribution in [0.1, 0.15) is 23.6 Å². The molecule has 0 saturated heterocycles. The number of benzene rings is 2. The van der Waals surface area contributed by atoms with Gasteiger partial charge in [0, 0.05) is 10.9 Å². The lowest BCUT2D eigenvalue weighted by Crippen LogP contribution is -1.97. The zero-order valence-electron chi connectivity index (χ0n) is 12.4. The first kappa shape index (κ1) is 13.7. The summed E-state index contributed by atoms with van der Waals surface area (Å²) in [6.45, 7) is 3.71. The van der Waals surface area contributed by atoms with E-state index in [0.717, 1.165) is 39.7 Å². The Hall–Kier alpha value is -2.22. The lowest BCUT2D eigenvalue weighted by Gasteiger charge is -2.13. The number of hydrogen-bond donors (Lipinski definition) is 0. The van der Waals surface area contributed by atoms with Crippen LogP contribution < -0.4 is 0 Å². The van der Waals surface area contributed by atoms with E-state index in [4.69, 9.17) is 4.98 Å². The summed E-state index contributed by atoms with van der Waals surface area (Å²) in [7, 11) is 0. The molecule has 0 bridgehead atoms. The molecule has 2 heteroatoms. The molecule has 2 aromatic carbocycles. The molecule has 0 atom stereocenters. The molecule has 0 radical (unpaired) electrons. The lowest BCUT2D eigenvalue weighted by molar-refractivity contribution is 0.486. The molecular weight excluding hydrogens is 261 g/mol. The molecule has 0 aliphatic rings. The second-order valence-corrected chi connectivity index (χ2v) is 5.29. The molecule has 3 rings (SSSR count). The molecule has 1 heterocycles. The molecule has 3 aromatic rings. The third-order valence-corrected chi connectivity index (χ3v) is 3.92. The molecular formula is C19H18FN. The second-order valence-electron chi connectivity index (χ2n) is 5.29. The summed E-state index contributed by atoms with van der Waals surface area (Å²) in [4.78, 5) is 4.86. The highest BCUT2D eigenvalue weighted by molar-refractivity contribution is 5.86. The van der Waals surface area contributed by atoms with Crippen LogP contribution >= 0.6 is 0 Å².